The molecule has 0 saturated heterocycles. The van der Waals surface area contributed by atoms with Gasteiger partial charge in [0, 0.05) is 23.6 Å². The SMILES string of the molecule is CC(C)[C@H](C)N1Cc2ccc(Br)cc2C1. The van der Waals surface area contributed by atoms with Crippen LogP contribution in [0.25, 0.3) is 0 Å². The molecular formula is C13H18BrN. The van der Waals surface area contributed by atoms with Crippen molar-refractivity contribution in [3.8, 4) is 0 Å². The molecule has 0 amide bonds. The van der Waals surface area contributed by atoms with E-state index in [1.165, 1.54) is 15.6 Å². The molecule has 82 valence electrons. The summed E-state index contributed by atoms with van der Waals surface area (Å²) in [5.74, 6) is 0.725. The maximum Gasteiger partial charge on any atom is 0.0243 e. The minimum Gasteiger partial charge on any atom is -0.292 e. The van der Waals surface area contributed by atoms with E-state index in [9.17, 15) is 0 Å². The average Bonchev–Trinajstić information content (AvgIpc) is 2.58. The van der Waals surface area contributed by atoms with Crippen molar-refractivity contribution in [3.63, 3.8) is 0 Å². The molecule has 0 N–H and O–H groups in total. The normalized spacial score (nSPS) is 18.2. The Kier molecular flexibility index (Phi) is 3.17. The van der Waals surface area contributed by atoms with Crippen molar-refractivity contribution in [2.24, 2.45) is 5.92 Å². The van der Waals surface area contributed by atoms with Gasteiger partial charge in [0.2, 0.25) is 0 Å². The molecule has 0 unspecified atom stereocenters. The van der Waals surface area contributed by atoms with E-state index >= 15 is 0 Å². The number of benzene rings is 1. The highest BCUT2D eigenvalue weighted by atomic mass is 79.9. The zero-order valence-electron chi connectivity index (χ0n) is 9.63. The molecule has 1 aromatic carbocycles. The van der Waals surface area contributed by atoms with Crippen LogP contribution >= 0.6 is 15.9 Å². The van der Waals surface area contributed by atoms with Gasteiger partial charge in [-0.05, 0) is 36.1 Å². The minimum atomic E-state index is 0.663. The van der Waals surface area contributed by atoms with Crippen molar-refractivity contribution >= 4 is 15.9 Å². The average molecular weight is 268 g/mol. The molecule has 0 radical (unpaired) electrons. The molecule has 0 spiro atoms. The van der Waals surface area contributed by atoms with Crippen molar-refractivity contribution in [1.82, 2.24) is 4.90 Å². The summed E-state index contributed by atoms with van der Waals surface area (Å²) in [5.41, 5.74) is 2.97. The summed E-state index contributed by atoms with van der Waals surface area (Å²) < 4.78 is 1.19. The quantitative estimate of drug-likeness (QED) is 0.788. The third-order valence-corrected chi connectivity index (χ3v) is 3.95. The molecule has 0 bridgehead atoms. The van der Waals surface area contributed by atoms with Gasteiger partial charge in [0.15, 0.2) is 0 Å². The first-order valence-electron chi connectivity index (χ1n) is 5.59. The molecule has 1 aromatic rings. The third-order valence-electron chi connectivity index (χ3n) is 3.46. The Balaban J connectivity index is 2.15. The number of rotatable bonds is 2. The number of halogens is 1. The fourth-order valence-electron chi connectivity index (χ4n) is 2.10. The molecule has 0 saturated carbocycles. The van der Waals surface area contributed by atoms with Gasteiger partial charge >= 0.3 is 0 Å². The van der Waals surface area contributed by atoms with E-state index in [4.69, 9.17) is 0 Å². The van der Waals surface area contributed by atoms with E-state index in [1.807, 2.05) is 0 Å². The smallest absolute Gasteiger partial charge is 0.0243 e. The fourth-order valence-corrected chi connectivity index (χ4v) is 2.51. The van der Waals surface area contributed by atoms with Crippen LogP contribution in [0.4, 0.5) is 0 Å². The highest BCUT2D eigenvalue weighted by Crippen LogP contribution is 2.28. The maximum atomic E-state index is 3.53. The summed E-state index contributed by atoms with van der Waals surface area (Å²) in [5, 5.41) is 0. The topological polar surface area (TPSA) is 3.24 Å². The molecule has 15 heavy (non-hydrogen) atoms. The molecule has 2 heteroatoms. The molecule has 0 fully saturated rings. The van der Waals surface area contributed by atoms with E-state index in [0.29, 0.717) is 6.04 Å². The summed E-state index contributed by atoms with van der Waals surface area (Å²) in [6, 6.07) is 7.30. The summed E-state index contributed by atoms with van der Waals surface area (Å²) in [6.07, 6.45) is 0. The van der Waals surface area contributed by atoms with E-state index in [-0.39, 0.29) is 0 Å². The molecule has 1 aliphatic heterocycles. The first-order valence-corrected chi connectivity index (χ1v) is 6.38. The van der Waals surface area contributed by atoms with Crippen LogP contribution in [0.15, 0.2) is 22.7 Å². The Labute approximate surface area is 101 Å². The lowest BCUT2D eigenvalue weighted by molar-refractivity contribution is 0.170. The first kappa shape index (κ1) is 11.2. The number of hydrogen-bond donors (Lipinski definition) is 0. The highest BCUT2D eigenvalue weighted by molar-refractivity contribution is 9.10. The van der Waals surface area contributed by atoms with Gasteiger partial charge in [-0.15, -0.1) is 0 Å². The Morgan fingerprint density at radius 2 is 1.80 bits per heavy atom. The molecule has 0 aromatic heterocycles. The number of nitrogens with zero attached hydrogens (tertiary/aromatic N) is 1. The molecule has 1 nitrogen and oxygen atoms in total. The maximum absolute atomic E-state index is 3.53. The second-order valence-corrected chi connectivity index (χ2v) is 5.72. The van der Waals surface area contributed by atoms with Crippen LogP contribution in [0.5, 0.6) is 0 Å². The van der Waals surface area contributed by atoms with Crippen LogP contribution in [0.1, 0.15) is 31.9 Å². The lowest BCUT2D eigenvalue weighted by atomic mass is 10.1. The third kappa shape index (κ3) is 2.26. The fraction of sp³-hybridized carbons (Fsp3) is 0.538. The van der Waals surface area contributed by atoms with Gasteiger partial charge in [0.25, 0.3) is 0 Å². The molecular weight excluding hydrogens is 250 g/mol. The van der Waals surface area contributed by atoms with Crippen LogP contribution in [-0.2, 0) is 13.1 Å². The predicted molar refractivity (Wildman–Crippen MR) is 67.7 cm³/mol. The molecule has 2 rings (SSSR count). The van der Waals surface area contributed by atoms with E-state index in [2.05, 4.69) is 59.8 Å². The largest absolute Gasteiger partial charge is 0.292 e. The Morgan fingerprint density at radius 1 is 1.13 bits per heavy atom. The minimum absolute atomic E-state index is 0.663. The van der Waals surface area contributed by atoms with E-state index in [0.717, 1.165) is 19.0 Å². The molecule has 1 atom stereocenters. The second kappa shape index (κ2) is 4.26. The van der Waals surface area contributed by atoms with Crippen LogP contribution in [0.3, 0.4) is 0 Å². The van der Waals surface area contributed by atoms with Crippen molar-refractivity contribution in [1.29, 1.82) is 0 Å². The first-order chi connectivity index (χ1) is 7.08. The standard InChI is InChI=1S/C13H18BrN/c1-9(2)10(3)15-7-11-4-5-13(14)6-12(11)8-15/h4-6,9-10H,7-8H2,1-3H3/t10-/m0/s1. The summed E-state index contributed by atoms with van der Waals surface area (Å²) in [7, 11) is 0. The zero-order valence-corrected chi connectivity index (χ0v) is 11.2. The van der Waals surface area contributed by atoms with Crippen LogP contribution in [0, 0.1) is 5.92 Å². The van der Waals surface area contributed by atoms with Crippen LogP contribution < -0.4 is 0 Å². The van der Waals surface area contributed by atoms with Gasteiger partial charge in [-0.1, -0.05) is 35.8 Å². The zero-order chi connectivity index (χ0) is 11.0. The Bertz CT molecular complexity index is 360. The second-order valence-electron chi connectivity index (χ2n) is 4.80. The number of hydrogen-bond acceptors (Lipinski definition) is 1. The molecule has 1 heterocycles. The van der Waals surface area contributed by atoms with Gasteiger partial charge < -0.3 is 0 Å². The van der Waals surface area contributed by atoms with E-state index in [1.54, 1.807) is 0 Å². The van der Waals surface area contributed by atoms with Crippen molar-refractivity contribution in [2.45, 2.75) is 39.9 Å². The summed E-state index contributed by atoms with van der Waals surface area (Å²) in [6.45, 7) is 9.13. The van der Waals surface area contributed by atoms with Crippen molar-refractivity contribution in [2.75, 3.05) is 0 Å². The van der Waals surface area contributed by atoms with Crippen molar-refractivity contribution < 1.29 is 0 Å². The van der Waals surface area contributed by atoms with Gasteiger partial charge in [-0.3, -0.25) is 4.90 Å². The van der Waals surface area contributed by atoms with Gasteiger partial charge in [-0.2, -0.15) is 0 Å². The monoisotopic (exact) mass is 267 g/mol. The lowest BCUT2D eigenvalue weighted by Crippen LogP contribution is -2.32. The Morgan fingerprint density at radius 3 is 2.47 bits per heavy atom. The molecule has 1 aliphatic rings. The summed E-state index contributed by atoms with van der Waals surface area (Å²) >= 11 is 3.53. The van der Waals surface area contributed by atoms with Gasteiger partial charge in [0.1, 0.15) is 0 Å². The summed E-state index contributed by atoms with van der Waals surface area (Å²) in [4.78, 5) is 2.56. The number of fused-ring (bicyclic) bond motifs is 1. The van der Waals surface area contributed by atoms with E-state index < -0.39 is 0 Å². The van der Waals surface area contributed by atoms with Crippen molar-refractivity contribution in [3.05, 3.63) is 33.8 Å². The highest BCUT2D eigenvalue weighted by Gasteiger charge is 2.24. The van der Waals surface area contributed by atoms with Gasteiger partial charge in [0.05, 0.1) is 0 Å². The predicted octanol–water partition coefficient (Wildman–Crippen LogP) is 3.81. The van der Waals surface area contributed by atoms with Crippen LogP contribution in [0.2, 0.25) is 0 Å². The molecule has 0 aliphatic carbocycles. The Hall–Kier alpha value is -0.340. The van der Waals surface area contributed by atoms with Crippen LogP contribution in [-0.4, -0.2) is 10.9 Å². The van der Waals surface area contributed by atoms with Gasteiger partial charge in [-0.25, -0.2) is 0 Å². The lowest BCUT2D eigenvalue weighted by Gasteiger charge is -2.26.